The van der Waals surface area contributed by atoms with Gasteiger partial charge < -0.3 is 10.5 Å². The monoisotopic (exact) mass is 288 g/mol. The fourth-order valence-electron chi connectivity index (χ4n) is 1.35. The lowest BCUT2D eigenvalue weighted by Gasteiger charge is -2.24. The average Bonchev–Trinajstić information content (AvgIpc) is 2.24. The van der Waals surface area contributed by atoms with E-state index in [0.717, 1.165) is 5.75 Å². The highest BCUT2D eigenvalue weighted by atomic mass is 32.3. The van der Waals surface area contributed by atoms with Gasteiger partial charge in [-0.2, -0.15) is 0 Å². The minimum atomic E-state index is -0.688. The van der Waals surface area contributed by atoms with Crippen LogP contribution in [-0.2, 0) is 4.74 Å². The zero-order chi connectivity index (χ0) is 14.6. The van der Waals surface area contributed by atoms with Crippen molar-refractivity contribution in [1.82, 2.24) is 0 Å². The number of halogens is 1. The number of hydrogen-bond donors (Lipinski definition) is 2. The van der Waals surface area contributed by atoms with E-state index in [9.17, 15) is 9.18 Å². The highest BCUT2D eigenvalue weighted by Crippen LogP contribution is 2.33. The van der Waals surface area contributed by atoms with Crippen molar-refractivity contribution in [2.75, 3.05) is 42.2 Å². The molecule has 0 spiro atoms. The number of rotatable bonds is 4. The zero-order valence-corrected chi connectivity index (χ0v) is 12.6. The van der Waals surface area contributed by atoms with E-state index in [1.165, 1.54) is 12.1 Å². The molecule has 0 fully saturated rings. The van der Waals surface area contributed by atoms with Crippen LogP contribution in [-0.4, -0.2) is 37.2 Å². The highest BCUT2D eigenvalue weighted by molar-refractivity contribution is 8.32. The molecule has 0 saturated heterocycles. The molecule has 1 aromatic rings. The first kappa shape index (κ1) is 15.6. The van der Waals surface area contributed by atoms with Crippen LogP contribution in [0.15, 0.2) is 12.1 Å². The summed E-state index contributed by atoms with van der Waals surface area (Å²) in [5, 5.41) is 2.57. The number of aryl methyl sites for hydroxylation is 1. The fraction of sp³-hybridized carbons (Fsp3) is 0.462. The van der Waals surface area contributed by atoms with Crippen molar-refractivity contribution < 1.29 is 13.9 Å². The van der Waals surface area contributed by atoms with Gasteiger partial charge in [-0.1, -0.05) is 0 Å². The molecule has 19 heavy (non-hydrogen) atoms. The lowest BCUT2D eigenvalue weighted by atomic mass is 10.2. The first-order chi connectivity index (χ1) is 8.69. The van der Waals surface area contributed by atoms with Crippen molar-refractivity contribution >= 4 is 27.5 Å². The van der Waals surface area contributed by atoms with E-state index in [0.29, 0.717) is 17.9 Å². The zero-order valence-electron chi connectivity index (χ0n) is 11.7. The Labute approximate surface area is 114 Å². The predicted octanol–water partition coefficient (Wildman–Crippen LogP) is 2.96. The Bertz CT molecular complexity index is 472. The highest BCUT2D eigenvalue weighted by Gasteiger charge is 2.10. The number of benzene rings is 1. The standard InChI is InChI=1S/C13H21FN2O2S/c1-9-7-10(14)11(15)8-12(9)16-13(17)18-5-6-19(2,3)4/h7-8H,5-6,15H2,1-4H3,(H,16,17). The van der Waals surface area contributed by atoms with Crippen LogP contribution in [0.5, 0.6) is 0 Å². The van der Waals surface area contributed by atoms with Gasteiger partial charge in [0.1, 0.15) is 12.4 Å². The van der Waals surface area contributed by atoms with E-state index in [1.807, 2.05) is 0 Å². The van der Waals surface area contributed by atoms with Gasteiger partial charge in [0.05, 0.1) is 5.69 Å². The first-order valence-corrected chi connectivity index (χ1v) is 8.87. The second kappa shape index (κ2) is 6.14. The van der Waals surface area contributed by atoms with Crippen molar-refractivity contribution in [1.29, 1.82) is 0 Å². The summed E-state index contributed by atoms with van der Waals surface area (Å²) in [4.78, 5) is 11.6. The van der Waals surface area contributed by atoms with Crippen LogP contribution in [0.3, 0.4) is 0 Å². The summed E-state index contributed by atoms with van der Waals surface area (Å²) in [5.74, 6) is 0.359. The number of carbonyl (C=O) groups excluding carboxylic acids is 1. The number of nitrogen functional groups attached to an aromatic ring is 1. The Morgan fingerprint density at radius 1 is 1.42 bits per heavy atom. The lowest BCUT2D eigenvalue weighted by Crippen LogP contribution is -2.18. The predicted molar refractivity (Wildman–Crippen MR) is 80.8 cm³/mol. The normalized spacial score (nSPS) is 12.1. The van der Waals surface area contributed by atoms with Gasteiger partial charge >= 0.3 is 6.09 Å². The topological polar surface area (TPSA) is 64.3 Å². The summed E-state index contributed by atoms with van der Waals surface area (Å²) in [6.07, 6.45) is 5.91. The summed E-state index contributed by atoms with van der Waals surface area (Å²) in [5.41, 5.74) is 6.53. The smallest absolute Gasteiger partial charge is 0.411 e. The molecule has 0 heterocycles. The Kier molecular flexibility index (Phi) is 5.05. The third-order valence-corrected chi connectivity index (χ3v) is 3.90. The molecule has 0 saturated carbocycles. The molecular weight excluding hydrogens is 267 g/mol. The summed E-state index contributed by atoms with van der Waals surface area (Å²) < 4.78 is 18.2. The minimum Gasteiger partial charge on any atom is -0.448 e. The van der Waals surface area contributed by atoms with Crippen LogP contribution >= 0.6 is 10.0 Å². The maximum atomic E-state index is 13.2. The Morgan fingerprint density at radius 2 is 2.05 bits per heavy atom. The second-order valence-corrected chi connectivity index (χ2v) is 9.83. The molecule has 0 aliphatic carbocycles. The molecular formula is C13H21FN2O2S. The van der Waals surface area contributed by atoms with Crippen molar-refractivity contribution in [3.05, 3.63) is 23.5 Å². The van der Waals surface area contributed by atoms with E-state index < -0.39 is 21.9 Å². The van der Waals surface area contributed by atoms with Gasteiger partial charge in [0.15, 0.2) is 0 Å². The van der Waals surface area contributed by atoms with E-state index in [1.54, 1.807) is 6.92 Å². The van der Waals surface area contributed by atoms with Crippen molar-refractivity contribution in [2.45, 2.75) is 6.92 Å². The third-order valence-electron chi connectivity index (χ3n) is 2.51. The Balaban J connectivity index is 2.56. The van der Waals surface area contributed by atoms with Crippen LogP contribution in [0.4, 0.5) is 20.6 Å². The molecule has 0 bridgehead atoms. The van der Waals surface area contributed by atoms with Crippen molar-refractivity contribution in [2.24, 2.45) is 0 Å². The molecule has 6 heteroatoms. The van der Waals surface area contributed by atoms with Gasteiger partial charge in [-0.3, -0.25) is 5.32 Å². The SMILES string of the molecule is Cc1cc(F)c(N)cc1NC(=O)OCCS(C)(C)C. The molecule has 108 valence electrons. The number of anilines is 2. The maximum Gasteiger partial charge on any atom is 0.411 e. The third kappa shape index (κ3) is 5.38. The molecule has 0 radical (unpaired) electrons. The lowest BCUT2D eigenvalue weighted by molar-refractivity contribution is 0.169. The minimum absolute atomic E-state index is 0.0000333. The summed E-state index contributed by atoms with van der Waals surface area (Å²) in [6, 6.07) is 2.67. The average molecular weight is 288 g/mol. The van der Waals surface area contributed by atoms with Gasteiger partial charge in [0.25, 0.3) is 0 Å². The molecule has 1 aromatic carbocycles. The van der Waals surface area contributed by atoms with Gasteiger partial charge in [0.2, 0.25) is 0 Å². The number of hydrogen-bond acceptors (Lipinski definition) is 3. The number of amides is 1. The van der Waals surface area contributed by atoms with Crippen LogP contribution in [0.25, 0.3) is 0 Å². The first-order valence-electron chi connectivity index (χ1n) is 5.84. The van der Waals surface area contributed by atoms with E-state index in [2.05, 4.69) is 24.1 Å². The largest absolute Gasteiger partial charge is 0.448 e. The number of carbonyl (C=O) groups is 1. The van der Waals surface area contributed by atoms with E-state index in [-0.39, 0.29) is 5.69 Å². The van der Waals surface area contributed by atoms with E-state index >= 15 is 0 Å². The number of nitrogens with one attached hydrogen (secondary N) is 1. The Morgan fingerprint density at radius 3 is 2.63 bits per heavy atom. The molecule has 0 aromatic heterocycles. The van der Waals surface area contributed by atoms with Crippen molar-refractivity contribution in [3.8, 4) is 0 Å². The van der Waals surface area contributed by atoms with Crippen molar-refractivity contribution in [3.63, 3.8) is 0 Å². The fourth-order valence-corrected chi connectivity index (χ4v) is 1.94. The summed E-state index contributed by atoms with van der Waals surface area (Å²) in [7, 11) is -0.688. The van der Waals surface area contributed by atoms with Gasteiger partial charge in [0, 0.05) is 11.4 Å². The maximum absolute atomic E-state index is 13.2. The van der Waals surface area contributed by atoms with Crippen LogP contribution in [0.1, 0.15) is 5.56 Å². The summed E-state index contributed by atoms with van der Waals surface area (Å²) in [6.45, 7) is 2.07. The second-order valence-electron chi connectivity index (χ2n) is 5.24. The molecule has 3 N–H and O–H groups in total. The van der Waals surface area contributed by atoms with Gasteiger partial charge in [-0.25, -0.2) is 19.2 Å². The van der Waals surface area contributed by atoms with Crippen LogP contribution < -0.4 is 11.1 Å². The Hall–Kier alpha value is -1.43. The number of ether oxygens (including phenoxy) is 1. The molecule has 1 amide bonds. The number of nitrogens with two attached hydrogens (primary N) is 1. The van der Waals surface area contributed by atoms with Crippen LogP contribution in [0, 0.1) is 12.7 Å². The van der Waals surface area contributed by atoms with Crippen LogP contribution in [0.2, 0.25) is 0 Å². The van der Waals surface area contributed by atoms with E-state index in [4.69, 9.17) is 10.5 Å². The van der Waals surface area contributed by atoms with Gasteiger partial charge in [-0.15, -0.1) is 0 Å². The molecule has 0 aliphatic rings. The molecule has 1 rings (SSSR count). The quantitative estimate of drug-likeness (QED) is 0.837. The molecule has 0 unspecified atom stereocenters. The van der Waals surface area contributed by atoms with Gasteiger partial charge in [-0.05, 0) is 43.4 Å². The molecule has 4 nitrogen and oxygen atoms in total. The molecule has 0 aliphatic heterocycles. The summed E-state index contributed by atoms with van der Waals surface area (Å²) >= 11 is 0. The molecule has 0 atom stereocenters.